The number of halogens is 1. The van der Waals surface area contributed by atoms with Crippen LogP contribution in [0.1, 0.15) is 23.3 Å². The maximum Gasteiger partial charge on any atom is 0.272 e. The van der Waals surface area contributed by atoms with E-state index in [9.17, 15) is 4.79 Å². The van der Waals surface area contributed by atoms with Crippen LogP contribution >= 0.6 is 11.6 Å². The molecule has 4 rings (SSSR count). The molecule has 1 amide bonds. The monoisotopic (exact) mass is 335 g/mol. The van der Waals surface area contributed by atoms with Crippen LogP contribution in [0, 0.1) is 11.8 Å². The standard InChI is InChI=1S/C17H22ClN3O2/c18-16-3-1-2-14(19-16)17(22)21-10-13-9-20(8-12-4-5-12)6-7-23-15(13)11-21/h1-3,12-13,15H,4-11H2/t13-,15+/m0/s1. The van der Waals surface area contributed by atoms with Gasteiger partial charge in [0.15, 0.2) is 0 Å². The summed E-state index contributed by atoms with van der Waals surface area (Å²) in [7, 11) is 0. The number of nitrogens with zero attached hydrogens (tertiary/aromatic N) is 3. The highest BCUT2D eigenvalue weighted by Crippen LogP contribution is 2.31. The molecule has 0 radical (unpaired) electrons. The predicted molar refractivity (Wildman–Crippen MR) is 87.5 cm³/mol. The van der Waals surface area contributed by atoms with Crippen molar-refractivity contribution in [2.24, 2.45) is 11.8 Å². The predicted octanol–water partition coefficient (Wildman–Crippen LogP) is 1.92. The second-order valence-electron chi connectivity index (χ2n) is 6.93. The number of ether oxygens (including phenoxy) is 1. The van der Waals surface area contributed by atoms with Crippen LogP contribution in [0.2, 0.25) is 5.15 Å². The van der Waals surface area contributed by atoms with Crippen LogP contribution in [-0.2, 0) is 4.74 Å². The largest absolute Gasteiger partial charge is 0.375 e. The molecule has 3 aliphatic rings. The maximum atomic E-state index is 12.6. The third-order valence-electron chi connectivity index (χ3n) is 5.05. The molecule has 0 N–H and O–H groups in total. The zero-order chi connectivity index (χ0) is 15.8. The first-order chi connectivity index (χ1) is 11.2. The minimum atomic E-state index is -0.0436. The lowest BCUT2D eigenvalue weighted by molar-refractivity contribution is 0.0482. The molecule has 0 bridgehead atoms. The fourth-order valence-electron chi connectivity index (χ4n) is 3.65. The first kappa shape index (κ1) is 15.4. The van der Waals surface area contributed by atoms with Crippen molar-refractivity contribution in [2.45, 2.75) is 18.9 Å². The van der Waals surface area contributed by atoms with Gasteiger partial charge in [-0.2, -0.15) is 0 Å². The van der Waals surface area contributed by atoms with Gasteiger partial charge in [0, 0.05) is 38.6 Å². The van der Waals surface area contributed by atoms with Gasteiger partial charge in [-0.05, 0) is 30.9 Å². The minimum absolute atomic E-state index is 0.0436. The maximum absolute atomic E-state index is 12.6. The van der Waals surface area contributed by atoms with Gasteiger partial charge in [-0.25, -0.2) is 4.98 Å². The third-order valence-corrected chi connectivity index (χ3v) is 5.26. The molecule has 0 unspecified atom stereocenters. The molecule has 0 aromatic carbocycles. The zero-order valence-electron chi connectivity index (χ0n) is 13.2. The highest BCUT2D eigenvalue weighted by molar-refractivity contribution is 6.29. The second-order valence-corrected chi connectivity index (χ2v) is 7.32. The smallest absolute Gasteiger partial charge is 0.272 e. The fourth-order valence-corrected chi connectivity index (χ4v) is 3.81. The number of aromatic nitrogens is 1. The van der Waals surface area contributed by atoms with E-state index in [-0.39, 0.29) is 12.0 Å². The van der Waals surface area contributed by atoms with Gasteiger partial charge in [0.2, 0.25) is 0 Å². The molecule has 3 fully saturated rings. The number of carbonyl (C=O) groups excluding carboxylic acids is 1. The average Bonchev–Trinajstić information content (AvgIpc) is 3.30. The van der Waals surface area contributed by atoms with Crippen molar-refractivity contribution in [3.8, 4) is 0 Å². The van der Waals surface area contributed by atoms with E-state index in [2.05, 4.69) is 9.88 Å². The van der Waals surface area contributed by atoms with Crippen molar-refractivity contribution < 1.29 is 9.53 Å². The van der Waals surface area contributed by atoms with Gasteiger partial charge in [-0.1, -0.05) is 17.7 Å². The Bertz CT molecular complexity index is 593. The summed E-state index contributed by atoms with van der Waals surface area (Å²) in [6.07, 6.45) is 2.90. The Morgan fingerprint density at radius 1 is 1.30 bits per heavy atom. The quantitative estimate of drug-likeness (QED) is 0.792. The summed E-state index contributed by atoms with van der Waals surface area (Å²) in [5.74, 6) is 1.25. The molecule has 2 saturated heterocycles. The van der Waals surface area contributed by atoms with E-state index in [0.29, 0.717) is 23.3 Å². The van der Waals surface area contributed by atoms with Crippen LogP contribution in [0.4, 0.5) is 0 Å². The van der Waals surface area contributed by atoms with Gasteiger partial charge < -0.3 is 14.5 Å². The first-order valence-electron chi connectivity index (χ1n) is 8.45. The van der Waals surface area contributed by atoms with Gasteiger partial charge in [-0.15, -0.1) is 0 Å². The van der Waals surface area contributed by atoms with E-state index >= 15 is 0 Å². The summed E-state index contributed by atoms with van der Waals surface area (Å²) >= 11 is 5.90. The molecule has 1 saturated carbocycles. The molecule has 2 atom stereocenters. The number of fused-ring (bicyclic) bond motifs is 1. The Morgan fingerprint density at radius 3 is 2.96 bits per heavy atom. The van der Waals surface area contributed by atoms with Crippen LogP contribution < -0.4 is 0 Å². The molecular formula is C17H22ClN3O2. The molecule has 124 valence electrons. The number of amides is 1. The van der Waals surface area contributed by atoms with E-state index in [1.807, 2.05) is 4.90 Å². The Hall–Kier alpha value is -1.17. The Kier molecular flexibility index (Phi) is 4.26. The Morgan fingerprint density at radius 2 is 2.17 bits per heavy atom. The Balaban J connectivity index is 1.42. The number of pyridine rings is 1. The molecule has 5 nitrogen and oxygen atoms in total. The number of hydrogen-bond acceptors (Lipinski definition) is 4. The summed E-state index contributed by atoms with van der Waals surface area (Å²) in [6.45, 7) is 5.43. The lowest BCUT2D eigenvalue weighted by Crippen LogP contribution is -2.35. The average molecular weight is 336 g/mol. The van der Waals surface area contributed by atoms with Gasteiger partial charge >= 0.3 is 0 Å². The molecule has 23 heavy (non-hydrogen) atoms. The highest BCUT2D eigenvalue weighted by atomic mass is 35.5. The molecular weight excluding hydrogens is 314 g/mol. The van der Waals surface area contributed by atoms with E-state index in [4.69, 9.17) is 16.3 Å². The molecule has 3 heterocycles. The van der Waals surface area contributed by atoms with E-state index in [1.165, 1.54) is 19.4 Å². The summed E-state index contributed by atoms with van der Waals surface area (Å²) in [4.78, 5) is 21.2. The molecule has 0 spiro atoms. The summed E-state index contributed by atoms with van der Waals surface area (Å²) in [6, 6.07) is 5.18. The van der Waals surface area contributed by atoms with Gasteiger partial charge in [0.1, 0.15) is 10.8 Å². The zero-order valence-corrected chi connectivity index (χ0v) is 13.9. The van der Waals surface area contributed by atoms with E-state index in [0.717, 1.165) is 32.2 Å². The molecule has 1 aromatic heterocycles. The SMILES string of the molecule is O=C(c1cccc(Cl)n1)N1C[C@@H]2CN(CC3CC3)CCO[C@@H]2C1. The van der Waals surface area contributed by atoms with Crippen LogP contribution in [0.25, 0.3) is 0 Å². The van der Waals surface area contributed by atoms with Crippen LogP contribution in [0.15, 0.2) is 18.2 Å². The van der Waals surface area contributed by atoms with E-state index < -0.39 is 0 Å². The summed E-state index contributed by atoms with van der Waals surface area (Å²) in [5.41, 5.74) is 0.420. The first-order valence-corrected chi connectivity index (χ1v) is 8.82. The normalized spacial score (nSPS) is 28.5. The lowest BCUT2D eigenvalue weighted by atomic mass is 10.1. The minimum Gasteiger partial charge on any atom is -0.375 e. The lowest BCUT2D eigenvalue weighted by Gasteiger charge is -2.23. The van der Waals surface area contributed by atoms with Crippen molar-refractivity contribution in [2.75, 3.05) is 39.3 Å². The molecule has 2 aliphatic heterocycles. The number of carbonyl (C=O) groups is 1. The molecule has 6 heteroatoms. The molecule has 1 aliphatic carbocycles. The van der Waals surface area contributed by atoms with Crippen LogP contribution in [-0.4, -0.2) is 66.1 Å². The number of rotatable bonds is 3. The molecule has 1 aromatic rings. The van der Waals surface area contributed by atoms with Crippen molar-refractivity contribution in [1.29, 1.82) is 0 Å². The topological polar surface area (TPSA) is 45.7 Å². The third kappa shape index (κ3) is 3.52. The van der Waals surface area contributed by atoms with Crippen molar-refractivity contribution in [3.05, 3.63) is 29.0 Å². The van der Waals surface area contributed by atoms with Gasteiger partial charge in [0.05, 0.1) is 12.7 Å². The van der Waals surface area contributed by atoms with Crippen LogP contribution in [0.5, 0.6) is 0 Å². The summed E-state index contributed by atoms with van der Waals surface area (Å²) < 4.78 is 6.02. The highest BCUT2D eigenvalue weighted by Gasteiger charge is 2.39. The number of likely N-dealkylation sites (tertiary alicyclic amines) is 1. The van der Waals surface area contributed by atoms with Crippen LogP contribution in [0.3, 0.4) is 0 Å². The summed E-state index contributed by atoms with van der Waals surface area (Å²) in [5, 5.41) is 0.358. The van der Waals surface area contributed by atoms with Gasteiger partial charge in [0.25, 0.3) is 5.91 Å². The number of hydrogen-bond donors (Lipinski definition) is 0. The van der Waals surface area contributed by atoms with Gasteiger partial charge in [-0.3, -0.25) is 4.79 Å². The Labute approximate surface area is 141 Å². The van der Waals surface area contributed by atoms with E-state index in [1.54, 1.807) is 18.2 Å². The fraction of sp³-hybridized carbons (Fsp3) is 0.647. The van der Waals surface area contributed by atoms with Crippen molar-refractivity contribution >= 4 is 17.5 Å². The van der Waals surface area contributed by atoms with Crippen molar-refractivity contribution in [1.82, 2.24) is 14.8 Å². The second kappa shape index (κ2) is 6.38. The van der Waals surface area contributed by atoms with Crippen molar-refractivity contribution in [3.63, 3.8) is 0 Å².